The molecule has 1 amide bonds. The van der Waals surface area contributed by atoms with Gasteiger partial charge in [-0.1, -0.05) is 30.3 Å². The van der Waals surface area contributed by atoms with Gasteiger partial charge in [0.15, 0.2) is 0 Å². The van der Waals surface area contributed by atoms with Crippen molar-refractivity contribution < 1.29 is 9.18 Å². The van der Waals surface area contributed by atoms with Gasteiger partial charge in [0, 0.05) is 23.9 Å². The van der Waals surface area contributed by atoms with Crippen molar-refractivity contribution in [2.75, 3.05) is 11.4 Å². The molecule has 3 rings (SSSR count). The summed E-state index contributed by atoms with van der Waals surface area (Å²) in [6.07, 6.45) is 1.28. The van der Waals surface area contributed by atoms with Crippen LogP contribution in [0.4, 0.5) is 10.1 Å². The van der Waals surface area contributed by atoms with E-state index in [0.29, 0.717) is 6.54 Å². The standard InChI is InChI=1S/C20H18FN3O2/c1-2-24(15-8-4-3-5-9-15)20(26)13-23-14-22-18(12-19(23)25)16-10-6-7-11-17(16)21/h3-12,14H,2,13H2,1H3. The Bertz CT molecular complexity index is 970. The monoisotopic (exact) mass is 351 g/mol. The molecule has 0 aliphatic heterocycles. The van der Waals surface area contributed by atoms with E-state index < -0.39 is 11.4 Å². The van der Waals surface area contributed by atoms with Crippen LogP contribution in [0.1, 0.15) is 6.92 Å². The number of halogens is 1. The molecule has 0 atom stereocenters. The van der Waals surface area contributed by atoms with Crippen molar-refractivity contribution >= 4 is 11.6 Å². The van der Waals surface area contributed by atoms with Crippen LogP contribution in [0.25, 0.3) is 11.3 Å². The van der Waals surface area contributed by atoms with Crippen molar-refractivity contribution in [3.05, 3.63) is 83.2 Å². The van der Waals surface area contributed by atoms with Crippen molar-refractivity contribution in [1.82, 2.24) is 9.55 Å². The molecule has 6 heteroatoms. The topological polar surface area (TPSA) is 55.2 Å². The van der Waals surface area contributed by atoms with Crippen LogP contribution in [-0.2, 0) is 11.3 Å². The highest BCUT2D eigenvalue weighted by Crippen LogP contribution is 2.18. The Balaban J connectivity index is 1.83. The quantitative estimate of drug-likeness (QED) is 0.710. The number of carbonyl (C=O) groups is 1. The lowest BCUT2D eigenvalue weighted by molar-refractivity contribution is -0.119. The summed E-state index contributed by atoms with van der Waals surface area (Å²) < 4.78 is 15.1. The Kier molecular flexibility index (Phi) is 5.22. The predicted molar refractivity (Wildman–Crippen MR) is 98.4 cm³/mol. The number of para-hydroxylation sites is 1. The van der Waals surface area contributed by atoms with Crippen LogP contribution in [0.15, 0.2) is 71.8 Å². The minimum absolute atomic E-state index is 0.133. The zero-order valence-electron chi connectivity index (χ0n) is 14.3. The van der Waals surface area contributed by atoms with Gasteiger partial charge in [-0.05, 0) is 31.2 Å². The second-order valence-corrected chi connectivity index (χ2v) is 5.69. The molecule has 0 fully saturated rings. The second kappa shape index (κ2) is 7.74. The number of anilines is 1. The van der Waals surface area contributed by atoms with E-state index in [9.17, 15) is 14.0 Å². The molecule has 0 radical (unpaired) electrons. The molecular formula is C20H18FN3O2. The number of amides is 1. The number of benzene rings is 2. The van der Waals surface area contributed by atoms with Gasteiger partial charge >= 0.3 is 0 Å². The van der Waals surface area contributed by atoms with Crippen molar-refractivity contribution in [2.45, 2.75) is 13.5 Å². The fraction of sp³-hybridized carbons (Fsp3) is 0.150. The Morgan fingerprint density at radius 2 is 1.81 bits per heavy atom. The van der Waals surface area contributed by atoms with Gasteiger partial charge < -0.3 is 4.90 Å². The molecule has 1 aromatic heterocycles. The summed E-state index contributed by atoms with van der Waals surface area (Å²) in [7, 11) is 0. The molecule has 0 N–H and O–H groups in total. The molecule has 0 bridgehead atoms. The van der Waals surface area contributed by atoms with Gasteiger partial charge in [-0.2, -0.15) is 0 Å². The van der Waals surface area contributed by atoms with Gasteiger partial charge in [-0.15, -0.1) is 0 Å². The molecule has 0 unspecified atom stereocenters. The number of aromatic nitrogens is 2. The third kappa shape index (κ3) is 3.69. The minimum Gasteiger partial charge on any atom is -0.311 e. The van der Waals surface area contributed by atoms with Crippen molar-refractivity contribution in [1.29, 1.82) is 0 Å². The number of likely N-dealkylation sites (N-methyl/N-ethyl adjacent to an activating group) is 1. The lowest BCUT2D eigenvalue weighted by Gasteiger charge is -2.21. The van der Waals surface area contributed by atoms with E-state index in [-0.39, 0.29) is 23.7 Å². The molecule has 0 saturated carbocycles. The lowest BCUT2D eigenvalue weighted by atomic mass is 10.1. The first kappa shape index (κ1) is 17.5. The first-order valence-electron chi connectivity index (χ1n) is 8.27. The van der Waals surface area contributed by atoms with Gasteiger partial charge in [-0.25, -0.2) is 9.37 Å². The first-order chi connectivity index (χ1) is 12.6. The van der Waals surface area contributed by atoms with Crippen molar-refractivity contribution in [3.63, 3.8) is 0 Å². The fourth-order valence-electron chi connectivity index (χ4n) is 2.70. The fourth-order valence-corrected chi connectivity index (χ4v) is 2.70. The maximum Gasteiger partial charge on any atom is 0.254 e. The van der Waals surface area contributed by atoms with Gasteiger partial charge in [0.2, 0.25) is 5.91 Å². The van der Waals surface area contributed by atoms with E-state index in [0.717, 1.165) is 5.69 Å². The third-order valence-corrected chi connectivity index (χ3v) is 4.02. The summed E-state index contributed by atoms with van der Waals surface area (Å²) in [4.78, 5) is 30.6. The Morgan fingerprint density at radius 1 is 1.12 bits per heavy atom. The molecule has 0 aliphatic rings. The summed E-state index contributed by atoms with van der Waals surface area (Å²) in [5.41, 5.74) is 0.856. The van der Waals surface area contributed by atoms with Crippen LogP contribution in [0.3, 0.4) is 0 Å². The molecule has 5 nitrogen and oxygen atoms in total. The van der Waals surface area contributed by atoms with Gasteiger partial charge in [-0.3, -0.25) is 14.2 Å². The zero-order chi connectivity index (χ0) is 18.5. The predicted octanol–water partition coefficient (Wildman–Crippen LogP) is 3.10. The summed E-state index contributed by atoms with van der Waals surface area (Å²) in [5.74, 6) is -0.671. The zero-order valence-corrected chi connectivity index (χ0v) is 14.3. The largest absolute Gasteiger partial charge is 0.311 e. The van der Waals surface area contributed by atoms with Gasteiger partial charge in [0.1, 0.15) is 12.4 Å². The van der Waals surface area contributed by atoms with Crippen LogP contribution < -0.4 is 10.5 Å². The summed E-state index contributed by atoms with van der Waals surface area (Å²) in [6, 6.07) is 16.6. The van der Waals surface area contributed by atoms with Gasteiger partial charge in [0.25, 0.3) is 5.56 Å². The summed E-state index contributed by atoms with van der Waals surface area (Å²) in [6.45, 7) is 2.22. The molecule has 1 heterocycles. The molecule has 0 spiro atoms. The maximum absolute atomic E-state index is 13.8. The number of nitrogens with zero attached hydrogens (tertiary/aromatic N) is 3. The summed E-state index contributed by atoms with van der Waals surface area (Å²) >= 11 is 0. The molecular weight excluding hydrogens is 333 g/mol. The average molecular weight is 351 g/mol. The number of hydrogen-bond acceptors (Lipinski definition) is 3. The van der Waals surface area contributed by atoms with Gasteiger partial charge in [0.05, 0.1) is 12.0 Å². The van der Waals surface area contributed by atoms with Crippen LogP contribution in [0.5, 0.6) is 0 Å². The van der Waals surface area contributed by atoms with E-state index in [1.165, 1.54) is 23.0 Å². The normalized spacial score (nSPS) is 10.5. The van der Waals surface area contributed by atoms with Crippen LogP contribution in [-0.4, -0.2) is 22.0 Å². The van der Waals surface area contributed by atoms with E-state index in [4.69, 9.17) is 0 Å². The Labute approximate surface area is 150 Å². The average Bonchev–Trinajstić information content (AvgIpc) is 2.65. The van der Waals surface area contributed by atoms with E-state index >= 15 is 0 Å². The van der Waals surface area contributed by atoms with E-state index in [1.807, 2.05) is 37.3 Å². The molecule has 3 aromatic rings. The van der Waals surface area contributed by atoms with Crippen LogP contribution >= 0.6 is 0 Å². The van der Waals surface area contributed by atoms with E-state index in [1.54, 1.807) is 23.1 Å². The van der Waals surface area contributed by atoms with Crippen LogP contribution in [0, 0.1) is 5.82 Å². The smallest absolute Gasteiger partial charge is 0.254 e. The molecule has 132 valence electrons. The Morgan fingerprint density at radius 3 is 2.46 bits per heavy atom. The minimum atomic E-state index is -0.450. The first-order valence-corrected chi connectivity index (χ1v) is 8.27. The van der Waals surface area contributed by atoms with Crippen molar-refractivity contribution in [2.24, 2.45) is 0 Å². The summed E-state index contributed by atoms with van der Waals surface area (Å²) in [5, 5.41) is 0. The highest BCUT2D eigenvalue weighted by atomic mass is 19.1. The lowest BCUT2D eigenvalue weighted by Crippen LogP contribution is -2.36. The number of carbonyl (C=O) groups excluding carboxylic acids is 1. The Hall–Kier alpha value is -3.28. The molecule has 2 aromatic carbocycles. The molecule has 26 heavy (non-hydrogen) atoms. The molecule has 0 saturated heterocycles. The molecule has 0 aliphatic carbocycles. The number of rotatable bonds is 5. The second-order valence-electron chi connectivity index (χ2n) is 5.69. The highest BCUT2D eigenvalue weighted by molar-refractivity contribution is 5.93. The maximum atomic E-state index is 13.8. The van der Waals surface area contributed by atoms with Crippen LogP contribution in [0.2, 0.25) is 0 Å². The number of hydrogen-bond donors (Lipinski definition) is 0. The van der Waals surface area contributed by atoms with E-state index in [2.05, 4.69) is 4.98 Å². The SMILES string of the molecule is CCN(C(=O)Cn1cnc(-c2ccccc2F)cc1=O)c1ccccc1. The third-order valence-electron chi connectivity index (χ3n) is 4.02. The van der Waals surface area contributed by atoms with Crippen molar-refractivity contribution in [3.8, 4) is 11.3 Å². The highest BCUT2D eigenvalue weighted by Gasteiger charge is 2.15.